The first-order valence-electron chi connectivity index (χ1n) is 9.57. The van der Waals surface area contributed by atoms with Crippen LogP contribution in [-0.2, 0) is 0 Å². The van der Waals surface area contributed by atoms with E-state index < -0.39 is 6.36 Å². The van der Waals surface area contributed by atoms with Crippen LogP contribution in [0.4, 0.5) is 13.2 Å². The van der Waals surface area contributed by atoms with Crippen LogP contribution in [-0.4, -0.2) is 23.0 Å². The van der Waals surface area contributed by atoms with E-state index in [1.165, 1.54) is 24.3 Å². The molecule has 0 fully saturated rings. The summed E-state index contributed by atoms with van der Waals surface area (Å²) in [7, 11) is 0. The largest absolute Gasteiger partial charge is 0.573 e. The van der Waals surface area contributed by atoms with Crippen molar-refractivity contribution < 1.29 is 27.2 Å². The monoisotopic (exact) mass is 437 g/mol. The number of amidine groups is 1. The predicted octanol–water partition coefficient (Wildman–Crippen LogP) is 5.09. The molecule has 2 N–H and O–H groups in total. The molecule has 0 saturated carbocycles. The fourth-order valence-corrected chi connectivity index (χ4v) is 3.46. The fourth-order valence-electron chi connectivity index (χ4n) is 3.46. The van der Waals surface area contributed by atoms with Gasteiger partial charge in [0.15, 0.2) is 0 Å². The summed E-state index contributed by atoms with van der Waals surface area (Å²) in [6.45, 7) is 0. The fraction of sp³-hybridized carbons (Fsp3) is 0.0435. The third-order valence-electron chi connectivity index (χ3n) is 5.02. The van der Waals surface area contributed by atoms with Crippen molar-refractivity contribution >= 4 is 12.1 Å². The van der Waals surface area contributed by atoms with Crippen molar-refractivity contribution in [1.82, 2.24) is 0 Å². The zero-order chi connectivity index (χ0) is 22.3. The Morgan fingerprint density at radius 3 is 2.12 bits per heavy atom. The van der Waals surface area contributed by atoms with Gasteiger partial charge in [-0.1, -0.05) is 18.2 Å². The lowest BCUT2D eigenvalue weighted by atomic mass is 10.0. The van der Waals surface area contributed by atoms with Crippen LogP contribution in [0.3, 0.4) is 0 Å². The molecule has 0 amide bonds. The highest BCUT2D eigenvalue weighted by Crippen LogP contribution is 2.36. The average molecular weight is 437 g/mol. The summed E-state index contributed by atoms with van der Waals surface area (Å²) in [5.41, 5.74) is 3.34. The number of nitrogens with two attached hydrogens (primary N) is 1. The number of quaternary nitrogens is 1. The normalized spacial score (nSPS) is 21.1. The van der Waals surface area contributed by atoms with Gasteiger partial charge in [0.2, 0.25) is 5.70 Å². The molecule has 9 heteroatoms. The molecule has 2 aliphatic heterocycles. The van der Waals surface area contributed by atoms with Gasteiger partial charge in [0, 0.05) is 5.57 Å². The van der Waals surface area contributed by atoms with Crippen LogP contribution in [0.1, 0.15) is 5.56 Å². The minimum Gasteiger partial charge on any atom is -0.457 e. The molecule has 0 bridgehead atoms. The molecule has 2 aromatic rings. The van der Waals surface area contributed by atoms with Gasteiger partial charge in [0.05, 0.1) is 18.0 Å². The van der Waals surface area contributed by atoms with Crippen LogP contribution < -0.4 is 15.3 Å². The Balaban J connectivity index is 1.35. The molecule has 1 unspecified atom stereocenters. The van der Waals surface area contributed by atoms with Crippen molar-refractivity contribution in [1.29, 1.82) is 0 Å². The zero-order valence-corrected chi connectivity index (χ0v) is 16.5. The number of nitrogens with zero attached hydrogens (tertiary/aromatic N) is 3. The van der Waals surface area contributed by atoms with Crippen LogP contribution in [0, 0.1) is 0 Å². The second-order valence-electron chi connectivity index (χ2n) is 7.15. The van der Waals surface area contributed by atoms with E-state index in [1.807, 2.05) is 30.4 Å². The van der Waals surface area contributed by atoms with Crippen molar-refractivity contribution in [3.05, 3.63) is 102 Å². The highest BCUT2D eigenvalue weighted by atomic mass is 19.4. The van der Waals surface area contributed by atoms with E-state index in [0.717, 1.165) is 22.5 Å². The standard InChI is InChI=1S/C23H16F3N4O2/c24-23(25,26)32-19-10-8-18(9-11-19)31-17-6-4-16(5-7-17)22-29-21(15-2-1-3-15)20-14-28-12-13-30(20,22)27/h1-14H,27H2/q+1. The number of ether oxygens (including phenoxy) is 2. The Hall–Kier alpha value is -3.95. The van der Waals surface area contributed by atoms with Gasteiger partial charge in [-0.15, -0.1) is 17.8 Å². The van der Waals surface area contributed by atoms with Gasteiger partial charge in [-0.2, -0.15) is 10.8 Å². The van der Waals surface area contributed by atoms with Gasteiger partial charge in [0.25, 0.3) is 5.84 Å². The molecule has 0 saturated heterocycles. The summed E-state index contributed by atoms with van der Waals surface area (Å²) in [6, 6.07) is 12.3. The topological polar surface area (TPSA) is 69.2 Å². The minimum absolute atomic E-state index is 0.0924. The van der Waals surface area contributed by atoms with Crippen LogP contribution in [0.25, 0.3) is 0 Å². The van der Waals surface area contributed by atoms with Gasteiger partial charge in [-0.25, -0.2) is 0 Å². The summed E-state index contributed by atoms with van der Waals surface area (Å²) < 4.78 is 46.3. The number of halogens is 3. The Labute approximate surface area is 181 Å². The highest BCUT2D eigenvalue weighted by Gasteiger charge is 2.44. The Morgan fingerprint density at radius 1 is 0.906 bits per heavy atom. The van der Waals surface area contributed by atoms with E-state index in [4.69, 9.17) is 15.6 Å². The maximum atomic E-state index is 12.3. The molecular formula is C23H16F3N4O2+. The van der Waals surface area contributed by atoms with E-state index in [0.29, 0.717) is 17.3 Å². The molecule has 1 aliphatic carbocycles. The number of alkyl halides is 3. The number of aliphatic imine (C=N–C) groups is 2. The van der Waals surface area contributed by atoms with Gasteiger partial charge in [-0.05, 0) is 48.5 Å². The molecule has 5 rings (SSSR count). The Morgan fingerprint density at radius 2 is 1.53 bits per heavy atom. The van der Waals surface area contributed by atoms with Crippen LogP contribution in [0.2, 0.25) is 0 Å². The number of hydrogen-bond donors (Lipinski definition) is 1. The average Bonchev–Trinajstić information content (AvgIpc) is 3.01. The highest BCUT2D eigenvalue weighted by molar-refractivity contribution is 6.01. The number of hydrogen-bond acceptors (Lipinski definition) is 5. The van der Waals surface area contributed by atoms with E-state index in [2.05, 4.69) is 9.73 Å². The zero-order valence-electron chi connectivity index (χ0n) is 16.5. The van der Waals surface area contributed by atoms with Gasteiger partial charge in [0.1, 0.15) is 29.1 Å². The number of rotatable bonds is 5. The molecule has 3 aliphatic rings. The molecule has 160 valence electrons. The second-order valence-corrected chi connectivity index (χ2v) is 7.15. The van der Waals surface area contributed by atoms with Crippen molar-refractivity contribution in [3.8, 4) is 17.2 Å². The van der Waals surface area contributed by atoms with Crippen molar-refractivity contribution in [3.63, 3.8) is 0 Å². The van der Waals surface area contributed by atoms with Crippen LogP contribution >= 0.6 is 0 Å². The lowest BCUT2D eigenvalue weighted by molar-refractivity contribution is -0.750. The number of benzene rings is 2. The Bertz CT molecular complexity index is 1250. The molecule has 2 aromatic carbocycles. The Kier molecular flexibility index (Phi) is 4.58. The first-order chi connectivity index (χ1) is 15.3. The van der Waals surface area contributed by atoms with Crippen LogP contribution in [0.15, 0.2) is 106 Å². The maximum Gasteiger partial charge on any atom is 0.573 e. The summed E-state index contributed by atoms with van der Waals surface area (Å²) in [4.78, 5) is 8.98. The molecular weight excluding hydrogens is 421 g/mol. The summed E-state index contributed by atoms with van der Waals surface area (Å²) in [5.74, 6) is 7.87. The predicted molar refractivity (Wildman–Crippen MR) is 113 cm³/mol. The summed E-state index contributed by atoms with van der Waals surface area (Å²) in [6.07, 6.45) is 6.24. The van der Waals surface area contributed by atoms with Crippen LogP contribution in [0.5, 0.6) is 17.2 Å². The molecule has 0 spiro atoms. The lowest BCUT2D eigenvalue weighted by Crippen LogP contribution is -2.53. The minimum atomic E-state index is -4.74. The molecule has 0 radical (unpaired) electrons. The molecule has 1 atom stereocenters. The summed E-state index contributed by atoms with van der Waals surface area (Å²) >= 11 is 0. The number of fused-ring (bicyclic) bond motifs is 1. The van der Waals surface area contributed by atoms with Gasteiger partial charge >= 0.3 is 6.36 Å². The van der Waals surface area contributed by atoms with Crippen molar-refractivity contribution in [2.24, 2.45) is 15.8 Å². The van der Waals surface area contributed by atoms with Gasteiger partial charge < -0.3 is 9.47 Å². The smallest absolute Gasteiger partial charge is 0.457 e. The van der Waals surface area contributed by atoms with E-state index in [9.17, 15) is 13.2 Å². The third-order valence-corrected chi connectivity index (χ3v) is 5.02. The number of allylic oxidation sites excluding steroid dienone is 4. The maximum absolute atomic E-state index is 12.3. The van der Waals surface area contributed by atoms with E-state index in [-0.39, 0.29) is 10.3 Å². The molecule has 6 nitrogen and oxygen atoms in total. The molecule has 2 heterocycles. The molecule has 32 heavy (non-hydrogen) atoms. The first-order valence-corrected chi connectivity index (χ1v) is 9.57. The quantitative estimate of drug-likeness (QED) is 0.523. The summed E-state index contributed by atoms with van der Waals surface area (Å²) in [5, 5.41) is 0. The van der Waals surface area contributed by atoms with Gasteiger partial charge in [-0.3, -0.25) is 4.99 Å². The van der Waals surface area contributed by atoms with Crippen molar-refractivity contribution in [2.75, 3.05) is 0 Å². The molecule has 0 aromatic heterocycles. The van der Waals surface area contributed by atoms with Crippen molar-refractivity contribution in [2.45, 2.75) is 6.36 Å². The van der Waals surface area contributed by atoms with E-state index >= 15 is 0 Å². The lowest BCUT2D eigenvalue weighted by Gasteiger charge is -2.26. The SMILES string of the molecule is N[N+]12C=CN=CC1=C(C1=CC=C1)N=C2c1ccc(Oc2ccc(OC(F)(F)F)cc2)cc1. The second kappa shape index (κ2) is 7.33. The third kappa shape index (κ3) is 3.64. The first kappa shape index (κ1) is 20.0. The van der Waals surface area contributed by atoms with E-state index in [1.54, 1.807) is 30.7 Å².